The number of carbonyl (C=O) groups excluding carboxylic acids is 1. The number of fused-ring (bicyclic) bond motifs is 1. The summed E-state index contributed by atoms with van der Waals surface area (Å²) < 4.78 is 6.35. The first-order chi connectivity index (χ1) is 14.9. The van der Waals surface area contributed by atoms with E-state index in [1.54, 1.807) is 60.7 Å². The van der Waals surface area contributed by atoms with Gasteiger partial charge in [0.05, 0.1) is 10.9 Å². The lowest BCUT2D eigenvalue weighted by Gasteiger charge is -2.09. The molecule has 31 heavy (non-hydrogen) atoms. The number of phenols is 1. The lowest BCUT2D eigenvalue weighted by atomic mass is 10.1. The molecule has 1 heterocycles. The number of halogens is 2. The summed E-state index contributed by atoms with van der Waals surface area (Å²) >= 11 is 14.4. The Morgan fingerprint density at radius 3 is 2.65 bits per heavy atom. The number of hydrogen-bond acceptors (Lipinski definition) is 5. The molecule has 0 spiro atoms. The summed E-state index contributed by atoms with van der Waals surface area (Å²) in [6.07, 6.45) is 0.187. The molecule has 0 bridgehead atoms. The van der Waals surface area contributed by atoms with Crippen molar-refractivity contribution in [3.8, 4) is 17.2 Å². The molecule has 0 fully saturated rings. The first-order valence-corrected chi connectivity index (χ1v) is 10.7. The summed E-state index contributed by atoms with van der Waals surface area (Å²) in [4.78, 5) is 16.7. The fraction of sp³-hybridized carbons (Fsp3) is 0.0455. The predicted molar refractivity (Wildman–Crippen MR) is 128 cm³/mol. The highest BCUT2D eigenvalue weighted by molar-refractivity contribution is 9.10. The lowest BCUT2D eigenvalue weighted by molar-refractivity contribution is -0.119. The van der Waals surface area contributed by atoms with Crippen LogP contribution >= 0.6 is 39.7 Å². The molecular formula is C22H15BrClN3O3S. The first kappa shape index (κ1) is 21.3. The Balaban J connectivity index is 1.43. The third-order valence-electron chi connectivity index (χ3n) is 4.37. The second-order valence-electron chi connectivity index (χ2n) is 6.67. The van der Waals surface area contributed by atoms with Gasteiger partial charge in [0.15, 0.2) is 10.7 Å². The molecule has 0 radical (unpaired) electrons. The van der Waals surface area contributed by atoms with Gasteiger partial charge in [0.1, 0.15) is 11.3 Å². The van der Waals surface area contributed by atoms with Crippen molar-refractivity contribution in [2.24, 2.45) is 0 Å². The third kappa shape index (κ3) is 5.22. The van der Waals surface area contributed by atoms with Crippen LogP contribution in [0.5, 0.6) is 5.75 Å². The van der Waals surface area contributed by atoms with Crippen LogP contribution in [0.2, 0.25) is 5.02 Å². The Bertz CT molecular complexity index is 1290. The highest BCUT2D eigenvalue weighted by atomic mass is 79.9. The van der Waals surface area contributed by atoms with Crippen LogP contribution in [-0.2, 0) is 11.2 Å². The van der Waals surface area contributed by atoms with Crippen LogP contribution < -0.4 is 10.6 Å². The maximum atomic E-state index is 12.2. The minimum atomic E-state index is -0.234. The molecule has 0 saturated heterocycles. The normalized spacial score (nSPS) is 10.8. The van der Waals surface area contributed by atoms with Crippen molar-refractivity contribution in [2.45, 2.75) is 6.42 Å². The molecule has 1 amide bonds. The Hall–Kier alpha value is -2.94. The molecule has 156 valence electrons. The van der Waals surface area contributed by atoms with Gasteiger partial charge in [0, 0.05) is 16.3 Å². The van der Waals surface area contributed by atoms with E-state index in [1.807, 2.05) is 0 Å². The van der Waals surface area contributed by atoms with Gasteiger partial charge in [-0.25, -0.2) is 4.98 Å². The van der Waals surface area contributed by atoms with Crippen molar-refractivity contribution in [1.82, 2.24) is 10.3 Å². The largest absolute Gasteiger partial charge is 0.507 e. The number of thiocarbonyl (C=S) groups is 1. The Kier molecular flexibility index (Phi) is 6.22. The van der Waals surface area contributed by atoms with Crippen LogP contribution in [0.1, 0.15) is 5.56 Å². The Labute approximate surface area is 196 Å². The Morgan fingerprint density at radius 2 is 1.90 bits per heavy atom. The van der Waals surface area contributed by atoms with Gasteiger partial charge < -0.3 is 20.2 Å². The zero-order valence-electron chi connectivity index (χ0n) is 15.9. The molecule has 6 nitrogen and oxygen atoms in total. The number of aromatic nitrogens is 1. The second-order valence-corrected chi connectivity index (χ2v) is 8.37. The molecule has 3 N–H and O–H groups in total. The van der Waals surface area contributed by atoms with Gasteiger partial charge >= 0.3 is 0 Å². The number of rotatable bonds is 4. The number of oxazole rings is 1. The standard InChI is InChI=1S/C22H15BrClN3O3S/c23-16-10-13(3-7-18(16)28)21-26-17-11-15(6-8-19(17)30-21)25-22(31)27-20(29)9-12-1-4-14(24)5-2-12/h1-8,10-11,28H,9H2,(H2,25,27,29,31). The summed E-state index contributed by atoms with van der Waals surface area (Å²) in [7, 11) is 0. The molecule has 3 aromatic carbocycles. The van der Waals surface area contributed by atoms with Crippen LogP contribution in [0.3, 0.4) is 0 Å². The van der Waals surface area contributed by atoms with Crippen LogP contribution in [0, 0.1) is 0 Å². The molecule has 0 aliphatic heterocycles. The number of aromatic hydroxyl groups is 1. The van der Waals surface area contributed by atoms with Crippen LogP contribution in [-0.4, -0.2) is 21.1 Å². The number of carbonyl (C=O) groups is 1. The summed E-state index contributed by atoms with van der Waals surface area (Å²) in [5, 5.41) is 16.1. The van der Waals surface area contributed by atoms with Gasteiger partial charge in [-0.05, 0) is 82.2 Å². The predicted octanol–water partition coefficient (Wildman–Crippen LogP) is 5.67. The summed E-state index contributed by atoms with van der Waals surface area (Å²) in [5.74, 6) is 0.326. The molecule has 0 aliphatic carbocycles. The number of benzene rings is 3. The van der Waals surface area contributed by atoms with Crippen LogP contribution in [0.4, 0.5) is 5.69 Å². The second kappa shape index (κ2) is 9.05. The fourth-order valence-corrected chi connectivity index (χ4v) is 3.63. The van der Waals surface area contributed by atoms with Crippen molar-refractivity contribution in [1.29, 1.82) is 0 Å². The van der Waals surface area contributed by atoms with Crippen molar-refractivity contribution in [3.05, 3.63) is 75.7 Å². The number of anilines is 1. The molecule has 0 atom stereocenters. The summed E-state index contributed by atoms with van der Waals surface area (Å²) in [6, 6.07) is 17.4. The fourth-order valence-electron chi connectivity index (χ4n) is 2.89. The Morgan fingerprint density at radius 1 is 1.13 bits per heavy atom. The van der Waals surface area contributed by atoms with Gasteiger partial charge in [0.2, 0.25) is 11.8 Å². The zero-order valence-corrected chi connectivity index (χ0v) is 19.0. The smallest absolute Gasteiger partial charge is 0.230 e. The van der Waals surface area contributed by atoms with Crippen molar-refractivity contribution in [2.75, 3.05) is 5.32 Å². The van der Waals surface area contributed by atoms with Gasteiger partial charge in [-0.1, -0.05) is 23.7 Å². The third-order valence-corrected chi connectivity index (χ3v) is 5.46. The zero-order chi connectivity index (χ0) is 22.0. The SMILES string of the molecule is O=C(Cc1ccc(Cl)cc1)NC(=S)Nc1ccc2oc(-c3ccc(O)c(Br)c3)nc2c1. The van der Waals surface area contributed by atoms with Gasteiger partial charge in [-0.2, -0.15) is 0 Å². The summed E-state index contributed by atoms with van der Waals surface area (Å²) in [5.41, 5.74) is 3.44. The maximum absolute atomic E-state index is 12.2. The van der Waals surface area contributed by atoms with Gasteiger partial charge in [-0.15, -0.1) is 0 Å². The van der Waals surface area contributed by atoms with Gasteiger partial charge in [-0.3, -0.25) is 4.79 Å². The van der Waals surface area contributed by atoms with Crippen molar-refractivity contribution in [3.63, 3.8) is 0 Å². The van der Waals surface area contributed by atoms with E-state index in [0.717, 1.165) is 11.1 Å². The highest BCUT2D eigenvalue weighted by Crippen LogP contribution is 2.31. The highest BCUT2D eigenvalue weighted by Gasteiger charge is 2.12. The number of nitrogens with one attached hydrogen (secondary N) is 2. The van der Waals surface area contributed by atoms with Crippen molar-refractivity contribution >= 4 is 67.6 Å². The monoisotopic (exact) mass is 515 g/mol. The molecule has 0 aliphatic rings. The molecule has 4 aromatic rings. The summed E-state index contributed by atoms with van der Waals surface area (Å²) in [6.45, 7) is 0. The molecular weight excluding hydrogens is 502 g/mol. The van der Waals surface area contributed by atoms with E-state index in [2.05, 4.69) is 31.5 Å². The van der Waals surface area contributed by atoms with E-state index >= 15 is 0 Å². The lowest BCUT2D eigenvalue weighted by Crippen LogP contribution is -2.35. The van der Waals surface area contributed by atoms with Crippen LogP contribution in [0.15, 0.2) is 69.6 Å². The van der Waals surface area contributed by atoms with E-state index in [0.29, 0.717) is 32.2 Å². The molecule has 4 rings (SSSR count). The molecule has 0 unspecified atom stereocenters. The number of phenolic OH excluding ortho intramolecular Hbond substituents is 1. The van der Waals surface area contributed by atoms with E-state index in [1.165, 1.54) is 0 Å². The topological polar surface area (TPSA) is 87.4 Å². The van der Waals surface area contributed by atoms with E-state index in [4.69, 9.17) is 28.2 Å². The van der Waals surface area contributed by atoms with Gasteiger partial charge in [0.25, 0.3) is 0 Å². The minimum Gasteiger partial charge on any atom is -0.507 e. The molecule has 1 aromatic heterocycles. The van der Waals surface area contributed by atoms with Crippen molar-refractivity contribution < 1.29 is 14.3 Å². The minimum absolute atomic E-state index is 0.137. The maximum Gasteiger partial charge on any atom is 0.230 e. The average Bonchev–Trinajstić information content (AvgIpc) is 3.15. The van der Waals surface area contributed by atoms with E-state index in [-0.39, 0.29) is 23.2 Å². The van der Waals surface area contributed by atoms with E-state index < -0.39 is 0 Å². The van der Waals surface area contributed by atoms with E-state index in [9.17, 15) is 9.90 Å². The molecule has 9 heteroatoms. The average molecular weight is 517 g/mol. The first-order valence-electron chi connectivity index (χ1n) is 9.12. The molecule has 0 saturated carbocycles. The number of nitrogens with zero attached hydrogens (tertiary/aromatic N) is 1. The van der Waals surface area contributed by atoms with Crippen LogP contribution in [0.25, 0.3) is 22.6 Å². The number of hydrogen-bond donors (Lipinski definition) is 3. The number of amides is 1. The quantitative estimate of drug-likeness (QED) is 0.303.